The molecule has 1 amide bonds. The third-order valence-corrected chi connectivity index (χ3v) is 3.24. The number of carbonyl (C=O) groups excluding carboxylic acids is 1. The van der Waals surface area contributed by atoms with Gasteiger partial charge in [-0.25, -0.2) is 0 Å². The average Bonchev–Trinajstić information content (AvgIpc) is 3.05. The third kappa shape index (κ3) is 3.65. The highest BCUT2D eigenvalue weighted by Crippen LogP contribution is 2.22. The van der Waals surface area contributed by atoms with Crippen LogP contribution in [0.25, 0.3) is 11.3 Å². The van der Waals surface area contributed by atoms with E-state index in [1.54, 1.807) is 30.5 Å². The molecule has 5 heteroatoms. The molecule has 0 bridgehead atoms. The number of nitrogens with two attached hydrogens (primary N) is 1. The van der Waals surface area contributed by atoms with Crippen LogP contribution < -0.4 is 11.2 Å². The molecule has 23 heavy (non-hydrogen) atoms. The van der Waals surface area contributed by atoms with Gasteiger partial charge in [0.25, 0.3) is 0 Å². The summed E-state index contributed by atoms with van der Waals surface area (Å²) in [6, 6.07) is 20.3. The van der Waals surface area contributed by atoms with Crippen molar-refractivity contribution >= 4 is 17.8 Å². The number of amides is 1. The second-order valence-corrected chi connectivity index (χ2v) is 4.88. The van der Waals surface area contributed by atoms with Crippen molar-refractivity contribution in [2.24, 2.45) is 10.8 Å². The topological polar surface area (TPSA) is 80.6 Å². The number of carbonyl (C=O) groups is 1. The van der Waals surface area contributed by atoms with Crippen LogP contribution in [-0.2, 0) is 0 Å². The van der Waals surface area contributed by atoms with Gasteiger partial charge in [-0.1, -0.05) is 30.3 Å². The molecule has 1 heterocycles. The minimum absolute atomic E-state index is 0.448. The lowest BCUT2D eigenvalue weighted by atomic mass is 10.1. The SMILES string of the molecule is NC(=O)c1ccc(-c2ccc(C=NNc3ccccc3)o2)cc1. The van der Waals surface area contributed by atoms with Gasteiger partial charge in [0.15, 0.2) is 0 Å². The number of nitrogens with one attached hydrogen (secondary N) is 1. The molecule has 3 rings (SSSR count). The maximum atomic E-state index is 11.1. The van der Waals surface area contributed by atoms with E-state index in [0.29, 0.717) is 17.1 Å². The lowest BCUT2D eigenvalue weighted by Gasteiger charge is -1.99. The summed E-state index contributed by atoms with van der Waals surface area (Å²) in [5.74, 6) is 0.875. The van der Waals surface area contributed by atoms with E-state index in [4.69, 9.17) is 10.2 Å². The predicted octanol–water partition coefficient (Wildman–Crippen LogP) is 3.49. The fourth-order valence-electron chi connectivity index (χ4n) is 2.06. The first kappa shape index (κ1) is 14.6. The van der Waals surface area contributed by atoms with Crippen molar-refractivity contribution in [3.05, 3.63) is 78.1 Å². The molecule has 0 aliphatic carbocycles. The van der Waals surface area contributed by atoms with Gasteiger partial charge in [-0.05, 0) is 36.4 Å². The second-order valence-electron chi connectivity index (χ2n) is 4.88. The molecule has 0 saturated heterocycles. The van der Waals surface area contributed by atoms with E-state index in [2.05, 4.69) is 10.5 Å². The van der Waals surface area contributed by atoms with Gasteiger partial charge in [0.05, 0.1) is 11.9 Å². The Morgan fingerprint density at radius 2 is 1.74 bits per heavy atom. The Kier molecular flexibility index (Phi) is 4.20. The average molecular weight is 305 g/mol. The number of hydrazone groups is 1. The molecule has 3 aromatic rings. The van der Waals surface area contributed by atoms with Crippen LogP contribution in [-0.4, -0.2) is 12.1 Å². The number of rotatable bonds is 5. The number of nitrogens with zero attached hydrogens (tertiary/aromatic N) is 1. The molecule has 2 aromatic carbocycles. The summed E-state index contributed by atoms with van der Waals surface area (Å²) < 4.78 is 5.70. The third-order valence-electron chi connectivity index (χ3n) is 3.24. The standard InChI is InChI=1S/C18H15N3O2/c19-18(22)14-8-6-13(7-9-14)17-11-10-16(23-17)12-20-21-15-4-2-1-3-5-15/h1-12,21H,(H2,19,22). The Hall–Kier alpha value is -3.34. The molecule has 3 N–H and O–H groups in total. The van der Waals surface area contributed by atoms with Gasteiger partial charge < -0.3 is 10.2 Å². The molecule has 5 nitrogen and oxygen atoms in total. The number of furan rings is 1. The zero-order valence-electron chi connectivity index (χ0n) is 12.3. The summed E-state index contributed by atoms with van der Waals surface area (Å²) in [5, 5.41) is 4.13. The molecule has 0 radical (unpaired) electrons. The van der Waals surface area contributed by atoms with Crippen LogP contribution in [0.4, 0.5) is 5.69 Å². The van der Waals surface area contributed by atoms with E-state index in [1.165, 1.54) is 0 Å². The Bertz CT molecular complexity index is 821. The first-order chi connectivity index (χ1) is 11.2. The van der Waals surface area contributed by atoms with Crippen molar-refractivity contribution in [2.45, 2.75) is 0 Å². The highest BCUT2D eigenvalue weighted by molar-refractivity contribution is 5.93. The summed E-state index contributed by atoms with van der Waals surface area (Å²) in [6.07, 6.45) is 1.61. The van der Waals surface area contributed by atoms with E-state index >= 15 is 0 Å². The molecule has 0 unspecified atom stereocenters. The second kappa shape index (κ2) is 6.62. The summed E-state index contributed by atoms with van der Waals surface area (Å²) in [4.78, 5) is 11.1. The van der Waals surface area contributed by atoms with E-state index in [9.17, 15) is 4.79 Å². The van der Waals surface area contributed by atoms with Crippen LogP contribution >= 0.6 is 0 Å². The van der Waals surface area contributed by atoms with Crippen LogP contribution in [0.5, 0.6) is 0 Å². The Balaban J connectivity index is 1.69. The number of para-hydroxylation sites is 1. The number of hydrogen-bond donors (Lipinski definition) is 2. The molecule has 0 atom stereocenters. The highest BCUT2D eigenvalue weighted by atomic mass is 16.3. The molecule has 0 aliphatic heterocycles. The molecular weight excluding hydrogens is 290 g/mol. The summed E-state index contributed by atoms with van der Waals surface area (Å²) in [6.45, 7) is 0. The largest absolute Gasteiger partial charge is 0.455 e. The van der Waals surface area contributed by atoms with Gasteiger partial charge >= 0.3 is 0 Å². The Morgan fingerprint density at radius 3 is 2.43 bits per heavy atom. The van der Waals surface area contributed by atoms with Crippen molar-refractivity contribution < 1.29 is 9.21 Å². The highest BCUT2D eigenvalue weighted by Gasteiger charge is 2.05. The van der Waals surface area contributed by atoms with Crippen LogP contribution in [0.1, 0.15) is 16.1 Å². The van der Waals surface area contributed by atoms with Gasteiger partial charge in [-0.2, -0.15) is 5.10 Å². The van der Waals surface area contributed by atoms with Gasteiger partial charge in [-0.3, -0.25) is 10.2 Å². The minimum atomic E-state index is -0.448. The van der Waals surface area contributed by atoms with Crippen LogP contribution in [0.2, 0.25) is 0 Å². The summed E-state index contributed by atoms with van der Waals surface area (Å²) in [7, 11) is 0. The van der Waals surface area contributed by atoms with E-state index < -0.39 is 5.91 Å². The van der Waals surface area contributed by atoms with E-state index in [-0.39, 0.29) is 0 Å². The first-order valence-electron chi connectivity index (χ1n) is 7.06. The van der Waals surface area contributed by atoms with E-state index in [0.717, 1.165) is 11.3 Å². The number of benzene rings is 2. The van der Waals surface area contributed by atoms with Crippen LogP contribution in [0.15, 0.2) is 76.2 Å². The molecule has 1 aromatic heterocycles. The lowest BCUT2D eigenvalue weighted by Crippen LogP contribution is -2.10. The summed E-state index contributed by atoms with van der Waals surface area (Å²) >= 11 is 0. The maximum Gasteiger partial charge on any atom is 0.248 e. The lowest BCUT2D eigenvalue weighted by molar-refractivity contribution is 0.100. The zero-order chi connectivity index (χ0) is 16.1. The van der Waals surface area contributed by atoms with Crippen molar-refractivity contribution in [1.29, 1.82) is 0 Å². The molecule has 0 fully saturated rings. The van der Waals surface area contributed by atoms with Crippen molar-refractivity contribution in [1.82, 2.24) is 0 Å². The molecule has 114 valence electrons. The molecular formula is C18H15N3O2. The normalized spacial score (nSPS) is 10.8. The molecule has 0 aliphatic rings. The molecule has 0 spiro atoms. The smallest absolute Gasteiger partial charge is 0.248 e. The van der Waals surface area contributed by atoms with Crippen molar-refractivity contribution in [2.75, 3.05) is 5.43 Å². The van der Waals surface area contributed by atoms with Crippen molar-refractivity contribution in [3.63, 3.8) is 0 Å². The Labute approximate surface area is 133 Å². The number of primary amides is 1. The van der Waals surface area contributed by atoms with Crippen molar-refractivity contribution in [3.8, 4) is 11.3 Å². The number of anilines is 1. The Morgan fingerprint density at radius 1 is 1.00 bits per heavy atom. The zero-order valence-corrected chi connectivity index (χ0v) is 12.3. The monoisotopic (exact) mass is 305 g/mol. The van der Waals surface area contributed by atoms with Gasteiger partial charge in [0.1, 0.15) is 11.5 Å². The molecule has 0 saturated carbocycles. The fraction of sp³-hybridized carbons (Fsp3) is 0. The first-order valence-corrected chi connectivity index (χ1v) is 7.06. The van der Waals surface area contributed by atoms with Crippen LogP contribution in [0, 0.1) is 0 Å². The fourth-order valence-corrected chi connectivity index (χ4v) is 2.06. The summed E-state index contributed by atoms with van der Waals surface area (Å²) in [5.41, 5.74) is 10.4. The minimum Gasteiger partial charge on any atom is -0.455 e. The van der Waals surface area contributed by atoms with E-state index in [1.807, 2.05) is 42.5 Å². The van der Waals surface area contributed by atoms with Gasteiger partial charge in [0.2, 0.25) is 5.91 Å². The maximum absolute atomic E-state index is 11.1. The number of hydrogen-bond acceptors (Lipinski definition) is 4. The van der Waals surface area contributed by atoms with Gasteiger partial charge in [0, 0.05) is 11.1 Å². The van der Waals surface area contributed by atoms with Crippen LogP contribution in [0.3, 0.4) is 0 Å². The quantitative estimate of drug-likeness (QED) is 0.559. The van der Waals surface area contributed by atoms with Gasteiger partial charge in [-0.15, -0.1) is 0 Å². The predicted molar refractivity (Wildman–Crippen MR) is 90.3 cm³/mol.